The van der Waals surface area contributed by atoms with Gasteiger partial charge in [0.25, 0.3) is 11.6 Å². The van der Waals surface area contributed by atoms with E-state index in [9.17, 15) is 14.9 Å². The van der Waals surface area contributed by atoms with E-state index in [0.29, 0.717) is 12.5 Å². The predicted octanol–water partition coefficient (Wildman–Crippen LogP) is 1.46. The SMILES string of the molecule is Cl.O=C(NCCC1CCCNC1)c1cc([N+](=O)[O-])c[nH]1. The number of piperidine rings is 1. The van der Waals surface area contributed by atoms with Crippen molar-refractivity contribution in [2.45, 2.75) is 19.3 Å². The second-order valence-electron chi connectivity index (χ2n) is 4.79. The highest BCUT2D eigenvalue weighted by Gasteiger charge is 2.16. The molecule has 1 unspecified atom stereocenters. The van der Waals surface area contributed by atoms with Gasteiger partial charge in [0, 0.05) is 12.6 Å². The third kappa shape index (κ3) is 4.50. The van der Waals surface area contributed by atoms with Gasteiger partial charge in [-0.2, -0.15) is 0 Å². The van der Waals surface area contributed by atoms with Gasteiger partial charge >= 0.3 is 0 Å². The number of nitrogens with one attached hydrogen (secondary N) is 3. The van der Waals surface area contributed by atoms with E-state index in [1.165, 1.54) is 25.1 Å². The maximum atomic E-state index is 11.7. The molecule has 0 bridgehead atoms. The minimum absolute atomic E-state index is 0. The summed E-state index contributed by atoms with van der Waals surface area (Å²) in [4.78, 5) is 24.3. The Hall–Kier alpha value is -1.60. The molecule has 1 saturated heterocycles. The van der Waals surface area contributed by atoms with E-state index >= 15 is 0 Å². The number of hydrogen-bond acceptors (Lipinski definition) is 4. The van der Waals surface area contributed by atoms with E-state index in [-0.39, 0.29) is 29.7 Å². The number of rotatable bonds is 5. The Morgan fingerprint density at radius 1 is 1.55 bits per heavy atom. The van der Waals surface area contributed by atoms with Gasteiger partial charge in [-0.05, 0) is 38.3 Å². The second-order valence-corrected chi connectivity index (χ2v) is 4.79. The van der Waals surface area contributed by atoms with Crippen LogP contribution in [0.4, 0.5) is 5.69 Å². The van der Waals surface area contributed by atoms with E-state index in [2.05, 4.69) is 15.6 Å². The van der Waals surface area contributed by atoms with Gasteiger partial charge in [-0.1, -0.05) is 0 Å². The summed E-state index contributed by atoms with van der Waals surface area (Å²) in [7, 11) is 0. The zero-order valence-corrected chi connectivity index (χ0v) is 11.9. The summed E-state index contributed by atoms with van der Waals surface area (Å²) in [5.74, 6) is 0.309. The molecule has 2 rings (SSSR count). The van der Waals surface area contributed by atoms with E-state index < -0.39 is 4.92 Å². The molecule has 3 N–H and O–H groups in total. The average molecular weight is 303 g/mol. The fraction of sp³-hybridized carbons (Fsp3) is 0.583. The normalized spacial score (nSPS) is 18.1. The van der Waals surface area contributed by atoms with Crippen molar-refractivity contribution in [1.29, 1.82) is 0 Å². The van der Waals surface area contributed by atoms with Crippen molar-refractivity contribution in [1.82, 2.24) is 15.6 Å². The van der Waals surface area contributed by atoms with Crippen LogP contribution < -0.4 is 10.6 Å². The maximum Gasteiger partial charge on any atom is 0.287 e. The number of aromatic amines is 1. The quantitative estimate of drug-likeness (QED) is 0.566. The molecule has 1 fully saturated rings. The zero-order valence-electron chi connectivity index (χ0n) is 11.1. The molecule has 0 aliphatic carbocycles. The van der Waals surface area contributed by atoms with E-state index in [0.717, 1.165) is 19.5 Å². The first kappa shape index (κ1) is 16.5. The molecule has 1 aliphatic rings. The molecular weight excluding hydrogens is 284 g/mol. The topological polar surface area (TPSA) is 100 Å². The Morgan fingerprint density at radius 2 is 2.35 bits per heavy atom. The molecule has 1 aliphatic heterocycles. The lowest BCUT2D eigenvalue weighted by molar-refractivity contribution is -0.384. The van der Waals surface area contributed by atoms with Crippen LogP contribution in [0.5, 0.6) is 0 Å². The van der Waals surface area contributed by atoms with Crippen LogP contribution in [0.25, 0.3) is 0 Å². The number of nitrogens with zero attached hydrogens (tertiary/aromatic N) is 1. The van der Waals surface area contributed by atoms with E-state index in [1.54, 1.807) is 0 Å². The van der Waals surface area contributed by atoms with Crippen LogP contribution in [0.15, 0.2) is 12.3 Å². The Labute approximate surface area is 123 Å². The molecule has 0 aromatic carbocycles. The highest BCUT2D eigenvalue weighted by Crippen LogP contribution is 2.14. The van der Waals surface area contributed by atoms with Crippen LogP contribution >= 0.6 is 12.4 Å². The van der Waals surface area contributed by atoms with Crippen LogP contribution in [0.3, 0.4) is 0 Å². The monoisotopic (exact) mass is 302 g/mol. The minimum Gasteiger partial charge on any atom is -0.351 e. The summed E-state index contributed by atoms with van der Waals surface area (Å²) < 4.78 is 0. The van der Waals surface area contributed by atoms with Gasteiger partial charge in [0.15, 0.2) is 0 Å². The van der Waals surface area contributed by atoms with E-state index in [4.69, 9.17) is 0 Å². The molecule has 0 saturated carbocycles. The number of halogens is 1. The van der Waals surface area contributed by atoms with Gasteiger partial charge in [-0.15, -0.1) is 12.4 Å². The summed E-state index contributed by atoms with van der Waals surface area (Å²) in [6.07, 6.45) is 4.53. The standard InChI is InChI=1S/C12H18N4O3.ClH/c17-12(11-6-10(8-15-11)16(18)19)14-5-3-9-2-1-4-13-7-9;/h6,8-9,13,15H,1-5,7H2,(H,14,17);1H. The number of carbonyl (C=O) groups is 1. The zero-order chi connectivity index (χ0) is 13.7. The van der Waals surface area contributed by atoms with Crippen molar-refractivity contribution in [2.24, 2.45) is 5.92 Å². The lowest BCUT2D eigenvalue weighted by atomic mass is 9.96. The van der Waals surface area contributed by atoms with Crippen LogP contribution in [0, 0.1) is 16.0 Å². The van der Waals surface area contributed by atoms with Gasteiger partial charge in [0.2, 0.25) is 0 Å². The number of carbonyl (C=O) groups excluding carboxylic acids is 1. The first-order chi connectivity index (χ1) is 9.16. The summed E-state index contributed by atoms with van der Waals surface area (Å²) in [6, 6.07) is 1.25. The van der Waals surface area contributed by atoms with Gasteiger partial charge in [0.05, 0.1) is 11.1 Å². The molecule has 1 aromatic rings. The molecule has 2 heterocycles. The van der Waals surface area contributed by atoms with E-state index in [1.807, 2.05) is 0 Å². The average Bonchev–Trinajstić information content (AvgIpc) is 2.89. The first-order valence-electron chi connectivity index (χ1n) is 6.48. The van der Waals surface area contributed by atoms with Crippen molar-refractivity contribution in [3.05, 3.63) is 28.1 Å². The molecule has 7 nitrogen and oxygen atoms in total. The fourth-order valence-electron chi connectivity index (χ4n) is 2.27. The van der Waals surface area contributed by atoms with Gasteiger partial charge in [-0.3, -0.25) is 14.9 Å². The van der Waals surface area contributed by atoms with Crippen molar-refractivity contribution in [3.63, 3.8) is 0 Å². The van der Waals surface area contributed by atoms with Crippen molar-refractivity contribution in [3.8, 4) is 0 Å². The number of amides is 1. The Morgan fingerprint density at radius 3 is 2.95 bits per heavy atom. The molecular formula is C12H19ClN4O3. The third-order valence-electron chi connectivity index (χ3n) is 3.36. The summed E-state index contributed by atoms with van der Waals surface area (Å²) >= 11 is 0. The number of nitro groups is 1. The smallest absolute Gasteiger partial charge is 0.287 e. The van der Waals surface area contributed by atoms with Crippen molar-refractivity contribution >= 4 is 24.0 Å². The van der Waals surface area contributed by atoms with Gasteiger partial charge in [0.1, 0.15) is 5.69 Å². The van der Waals surface area contributed by atoms with Crippen LogP contribution in [-0.2, 0) is 0 Å². The fourth-order valence-corrected chi connectivity index (χ4v) is 2.27. The predicted molar refractivity (Wildman–Crippen MR) is 77.2 cm³/mol. The highest BCUT2D eigenvalue weighted by atomic mass is 35.5. The van der Waals surface area contributed by atoms with Crippen LogP contribution in [-0.4, -0.2) is 35.4 Å². The van der Waals surface area contributed by atoms with Crippen molar-refractivity contribution in [2.75, 3.05) is 19.6 Å². The molecule has 112 valence electrons. The Kier molecular flexibility index (Phi) is 6.47. The molecule has 1 atom stereocenters. The lowest BCUT2D eigenvalue weighted by Crippen LogP contribution is -2.33. The molecule has 1 amide bonds. The molecule has 0 spiro atoms. The summed E-state index contributed by atoms with van der Waals surface area (Å²) in [6.45, 7) is 2.68. The number of H-pyrrole nitrogens is 1. The third-order valence-corrected chi connectivity index (χ3v) is 3.36. The van der Waals surface area contributed by atoms with Crippen LogP contribution in [0.2, 0.25) is 0 Å². The molecule has 1 aromatic heterocycles. The number of hydrogen-bond donors (Lipinski definition) is 3. The highest BCUT2D eigenvalue weighted by molar-refractivity contribution is 5.93. The molecule has 20 heavy (non-hydrogen) atoms. The maximum absolute atomic E-state index is 11.7. The number of aromatic nitrogens is 1. The minimum atomic E-state index is -0.527. The van der Waals surface area contributed by atoms with Gasteiger partial charge < -0.3 is 15.6 Å². The Bertz CT molecular complexity index is 457. The van der Waals surface area contributed by atoms with Gasteiger partial charge in [-0.25, -0.2) is 0 Å². The lowest BCUT2D eigenvalue weighted by Gasteiger charge is -2.22. The first-order valence-corrected chi connectivity index (χ1v) is 6.48. The second kappa shape index (κ2) is 7.86. The largest absolute Gasteiger partial charge is 0.351 e. The summed E-state index contributed by atoms with van der Waals surface area (Å²) in [5, 5.41) is 16.6. The van der Waals surface area contributed by atoms with Crippen molar-refractivity contribution < 1.29 is 9.72 Å². The molecule has 8 heteroatoms. The van der Waals surface area contributed by atoms with Crippen LogP contribution in [0.1, 0.15) is 29.8 Å². The molecule has 0 radical (unpaired) electrons. The summed E-state index contributed by atoms with van der Waals surface area (Å²) in [5.41, 5.74) is 0.134. The Balaban J connectivity index is 0.00000200.